The van der Waals surface area contributed by atoms with Crippen molar-refractivity contribution < 1.29 is 23.9 Å². The van der Waals surface area contributed by atoms with E-state index in [-0.39, 0.29) is 25.3 Å². The van der Waals surface area contributed by atoms with Gasteiger partial charge in [-0.05, 0) is 42.8 Å². The van der Waals surface area contributed by atoms with Crippen molar-refractivity contribution in [2.24, 2.45) is 5.92 Å². The zero-order valence-corrected chi connectivity index (χ0v) is 18.9. The molecule has 0 unspecified atom stereocenters. The number of carbonyl (C=O) groups excluding carboxylic acids is 4. The highest BCUT2D eigenvalue weighted by Gasteiger charge is 2.38. The average molecular weight is 477 g/mol. The van der Waals surface area contributed by atoms with Crippen molar-refractivity contribution in [2.45, 2.75) is 25.9 Å². The smallest absolute Gasteiger partial charge is 0.312 e. The normalized spacial score (nSPS) is 16.5. The fourth-order valence-electron chi connectivity index (χ4n) is 3.36. The average Bonchev–Trinajstić information content (AvgIpc) is 3.14. The first-order valence-corrected chi connectivity index (χ1v) is 10.9. The van der Waals surface area contributed by atoms with Crippen molar-refractivity contribution in [1.29, 1.82) is 0 Å². The number of rotatable bonds is 8. The van der Waals surface area contributed by atoms with Gasteiger partial charge in [-0.3, -0.25) is 29.6 Å². The van der Waals surface area contributed by atoms with E-state index in [1.54, 1.807) is 49.4 Å². The van der Waals surface area contributed by atoms with Crippen LogP contribution in [0, 0.1) is 12.8 Å². The van der Waals surface area contributed by atoms with Crippen LogP contribution < -0.4 is 5.43 Å². The van der Waals surface area contributed by atoms with E-state index in [4.69, 9.17) is 27.9 Å². The van der Waals surface area contributed by atoms with Gasteiger partial charge in [0.1, 0.15) is 0 Å². The van der Waals surface area contributed by atoms with Crippen molar-refractivity contribution in [1.82, 2.24) is 10.4 Å². The molecule has 1 fully saturated rings. The lowest BCUT2D eigenvalue weighted by Crippen LogP contribution is -2.44. The van der Waals surface area contributed by atoms with E-state index in [1.807, 2.05) is 6.07 Å². The summed E-state index contributed by atoms with van der Waals surface area (Å²) in [4.78, 5) is 50.3. The van der Waals surface area contributed by atoms with Gasteiger partial charge in [-0.2, -0.15) is 0 Å². The standard InChI is InChI=1S/C23H22Cl2N2O5/c1-14-4-2-3-5-18(14)22(30)26-27-13-16(12-20(27)28)23(31)32-19(10-11-24)21(29)15-6-8-17(25)9-7-15/h2-9,16,19H,10-13H2,1H3,(H,26,30)/t16-,19+/m1/s1. The monoisotopic (exact) mass is 476 g/mol. The van der Waals surface area contributed by atoms with E-state index < -0.39 is 35.6 Å². The Morgan fingerprint density at radius 1 is 1.16 bits per heavy atom. The van der Waals surface area contributed by atoms with E-state index in [9.17, 15) is 19.2 Å². The third kappa shape index (κ3) is 5.66. The van der Waals surface area contributed by atoms with E-state index in [1.165, 1.54) is 0 Å². The molecule has 0 bridgehead atoms. The second kappa shape index (κ2) is 10.6. The number of nitrogens with one attached hydrogen (secondary N) is 1. The van der Waals surface area contributed by atoms with Crippen LogP contribution in [0.1, 0.15) is 39.1 Å². The quantitative estimate of drug-likeness (QED) is 0.357. The van der Waals surface area contributed by atoms with Gasteiger partial charge in [0.15, 0.2) is 6.10 Å². The number of ether oxygens (including phenoxy) is 1. The maximum absolute atomic E-state index is 12.7. The lowest BCUT2D eigenvalue weighted by atomic mass is 10.0. The van der Waals surface area contributed by atoms with Gasteiger partial charge in [0.05, 0.1) is 12.5 Å². The molecule has 2 amide bonds. The van der Waals surface area contributed by atoms with E-state index >= 15 is 0 Å². The Balaban J connectivity index is 1.63. The highest BCUT2D eigenvalue weighted by atomic mass is 35.5. The number of esters is 1. The molecule has 2 aromatic rings. The van der Waals surface area contributed by atoms with Crippen molar-refractivity contribution in [3.8, 4) is 0 Å². The summed E-state index contributed by atoms with van der Waals surface area (Å²) < 4.78 is 5.43. The minimum Gasteiger partial charge on any atom is -0.454 e. The molecule has 3 rings (SSSR count). The molecule has 2 aromatic carbocycles. The number of amides is 2. The maximum atomic E-state index is 12.7. The predicted octanol–water partition coefficient (Wildman–Crippen LogP) is 3.57. The Morgan fingerprint density at radius 2 is 1.84 bits per heavy atom. The van der Waals surface area contributed by atoms with Crippen LogP contribution in [0.2, 0.25) is 5.02 Å². The molecule has 1 heterocycles. The van der Waals surface area contributed by atoms with Crippen LogP contribution in [-0.4, -0.2) is 47.1 Å². The van der Waals surface area contributed by atoms with E-state index in [2.05, 4.69) is 5.43 Å². The molecular formula is C23H22Cl2N2O5. The van der Waals surface area contributed by atoms with Gasteiger partial charge in [-0.25, -0.2) is 0 Å². The lowest BCUT2D eigenvalue weighted by Gasteiger charge is -2.20. The third-order valence-electron chi connectivity index (χ3n) is 5.14. The number of hydrazine groups is 1. The number of ketones is 1. The molecule has 0 saturated carbocycles. The summed E-state index contributed by atoms with van der Waals surface area (Å²) in [7, 11) is 0. The van der Waals surface area contributed by atoms with Crippen LogP contribution >= 0.6 is 23.2 Å². The topological polar surface area (TPSA) is 92.8 Å². The highest BCUT2D eigenvalue weighted by molar-refractivity contribution is 6.30. The van der Waals surface area contributed by atoms with Gasteiger partial charge in [0.2, 0.25) is 11.7 Å². The number of benzene rings is 2. The van der Waals surface area contributed by atoms with Crippen molar-refractivity contribution in [2.75, 3.05) is 12.4 Å². The van der Waals surface area contributed by atoms with Gasteiger partial charge in [-0.1, -0.05) is 29.8 Å². The molecule has 7 nitrogen and oxygen atoms in total. The largest absolute Gasteiger partial charge is 0.454 e. The van der Waals surface area contributed by atoms with Crippen LogP contribution in [0.4, 0.5) is 0 Å². The Hall–Kier alpha value is -2.90. The van der Waals surface area contributed by atoms with Crippen molar-refractivity contribution in [3.05, 3.63) is 70.2 Å². The molecule has 1 aliphatic rings. The number of hydrogen-bond acceptors (Lipinski definition) is 5. The zero-order valence-electron chi connectivity index (χ0n) is 17.3. The molecule has 168 valence electrons. The summed E-state index contributed by atoms with van der Waals surface area (Å²) in [6, 6.07) is 13.2. The fraction of sp³-hybridized carbons (Fsp3) is 0.304. The number of aryl methyl sites for hydroxylation is 1. The van der Waals surface area contributed by atoms with Gasteiger partial charge >= 0.3 is 5.97 Å². The first-order valence-electron chi connectivity index (χ1n) is 10.0. The maximum Gasteiger partial charge on any atom is 0.312 e. The number of halogens is 2. The Bertz CT molecular complexity index is 1030. The minimum absolute atomic E-state index is 0.0436. The number of carbonyl (C=O) groups is 4. The molecule has 2 atom stereocenters. The van der Waals surface area contributed by atoms with Crippen molar-refractivity contribution in [3.63, 3.8) is 0 Å². The Morgan fingerprint density at radius 3 is 2.50 bits per heavy atom. The number of Topliss-reactive ketones (excluding diaryl/α,β-unsaturated/α-hetero) is 1. The summed E-state index contributed by atoms with van der Waals surface area (Å²) in [6.45, 7) is 1.74. The Labute approximate surface area is 195 Å². The SMILES string of the molecule is Cc1ccccc1C(=O)NN1C[C@H](C(=O)O[C@@H](CCCl)C(=O)c2ccc(Cl)cc2)CC1=O. The second-order valence-electron chi connectivity index (χ2n) is 7.44. The first kappa shape index (κ1) is 23.8. The summed E-state index contributed by atoms with van der Waals surface area (Å²) >= 11 is 11.7. The third-order valence-corrected chi connectivity index (χ3v) is 5.61. The van der Waals surface area contributed by atoms with Gasteiger partial charge < -0.3 is 4.74 Å². The highest BCUT2D eigenvalue weighted by Crippen LogP contribution is 2.21. The number of alkyl halides is 1. The molecule has 1 saturated heterocycles. The molecular weight excluding hydrogens is 455 g/mol. The predicted molar refractivity (Wildman–Crippen MR) is 119 cm³/mol. The molecule has 1 aliphatic heterocycles. The number of nitrogens with zero attached hydrogens (tertiary/aromatic N) is 1. The van der Waals surface area contributed by atoms with Crippen molar-refractivity contribution >= 4 is 46.8 Å². The first-order chi connectivity index (χ1) is 15.3. The summed E-state index contributed by atoms with van der Waals surface area (Å²) in [5.41, 5.74) is 4.07. The van der Waals surface area contributed by atoms with Gasteiger partial charge in [0, 0.05) is 34.9 Å². The Kier molecular flexibility index (Phi) is 7.88. The summed E-state index contributed by atoms with van der Waals surface area (Å²) in [5, 5.41) is 1.59. The molecule has 0 spiro atoms. The van der Waals surface area contributed by atoms with E-state index in [0.717, 1.165) is 10.6 Å². The molecule has 9 heteroatoms. The van der Waals surface area contributed by atoms with Crippen LogP contribution in [0.3, 0.4) is 0 Å². The number of hydrogen-bond donors (Lipinski definition) is 1. The summed E-state index contributed by atoms with van der Waals surface area (Å²) in [6.07, 6.45) is -1.08. The van der Waals surface area contributed by atoms with E-state index in [0.29, 0.717) is 16.1 Å². The lowest BCUT2D eigenvalue weighted by molar-refractivity contribution is -0.151. The molecule has 0 aromatic heterocycles. The molecule has 1 N–H and O–H groups in total. The van der Waals surface area contributed by atoms with Crippen LogP contribution in [0.25, 0.3) is 0 Å². The fourth-order valence-corrected chi connectivity index (χ4v) is 3.69. The minimum atomic E-state index is -1.08. The molecule has 0 aliphatic carbocycles. The molecule has 0 radical (unpaired) electrons. The van der Waals surface area contributed by atoms with Crippen LogP contribution in [0.5, 0.6) is 0 Å². The van der Waals surface area contributed by atoms with Crippen LogP contribution in [-0.2, 0) is 14.3 Å². The van der Waals surface area contributed by atoms with Crippen LogP contribution in [0.15, 0.2) is 48.5 Å². The van der Waals surface area contributed by atoms with Gasteiger partial charge in [0.25, 0.3) is 5.91 Å². The second-order valence-corrected chi connectivity index (χ2v) is 8.25. The van der Waals surface area contributed by atoms with Gasteiger partial charge in [-0.15, -0.1) is 11.6 Å². The summed E-state index contributed by atoms with van der Waals surface area (Å²) in [5.74, 6) is -2.64. The zero-order chi connectivity index (χ0) is 23.3. The molecule has 32 heavy (non-hydrogen) atoms.